The van der Waals surface area contributed by atoms with Crippen molar-refractivity contribution in [3.63, 3.8) is 0 Å². The third-order valence-electron chi connectivity index (χ3n) is 2.49. The molecule has 0 radical (unpaired) electrons. The van der Waals surface area contributed by atoms with Gasteiger partial charge in [-0.25, -0.2) is 0 Å². The van der Waals surface area contributed by atoms with Crippen LogP contribution in [0.1, 0.15) is 0 Å². The normalized spacial score (nSPS) is 10.6. The number of hydrogen-bond acceptors (Lipinski definition) is 3. The van der Waals surface area contributed by atoms with Crippen molar-refractivity contribution in [3.8, 4) is 5.75 Å². The van der Waals surface area contributed by atoms with Crippen LogP contribution in [0.5, 0.6) is 5.75 Å². The molecule has 2 N–H and O–H groups in total. The van der Waals surface area contributed by atoms with Crippen LogP contribution in [0.15, 0.2) is 35.1 Å². The Kier molecular flexibility index (Phi) is 2.92. The van der Waals surface area contributed by atoms with Crippen molar-refractivity contribution in [1.29, 1.82) is 0 Å². The molecular weight excluding hydrogens is 204 g/mol. The van der Waals surface area contributed by atoms with Crippen LogP contribution >= 0.6 is 0 Å². The number of benzene rings is 1. The minimum absolute atomic E-state index is 0.0246. The highest BCUT2D eigenvalue weighted by Gasteiger charge is 2.01. The summed E-state index contributed by atoms with van der Waals surface area (Å²) in [6, 6.07) is 9.03. The summed E-state index contributed by atoms with van der Waals surface area (Å²) in [5, 5.41) is 1.02. The molecule has 84 valence electrons. The molecule has 1 aromatic heterocycles. The zero-order chi connectivity index (χ0) is 11.5. The highest BCUT2D eigenvalue weighted by Crippen LogP contribution is 2.18. The Morgan fingerprint density at radius 2 is 2.06 bits per heavy atom. The fraction of sp³-hybridized carbons (Fsp3) is 0.250. The van der Waals surface area contributed by atoms with Gasteiger partial charge in [0.15, 0.2) is 0 Å². The topological polar surface area (TPSA) is 57.2 Å². The monoisotopic (exact) mass is 218 g/mol. The highest BCUT2D eigenvalue weighted by atomic mass is 16.5. The van der Waals surface area contributed by atoms with Crippen molar-refractivity contribution < 1.29 is 4.74 Å². The number of nitrogens with two attached hydrogens (primary N) is 1. The number of fused-ring (bicyclic) bond motifs is 1. The van der Waals surface area contributed by atoms with Gasteiger partial charge in [0.2, 0.25) is 0 Å². The van der Waals surface area contributed by atoms with Crippen LogP contribution in [-0.2, 0) is 7.05 Å². The van der Waals surface area contributed by atoms with E-state index < -0.39 is 0 Å². The molecule has 4 nitrogen and oxygen atoms in total. The van der Waals surface area contributed by atoms with Gasteiger partial charge < -0.3 is 15.0 Å². The molecule has 16 heavy (non-hydrogen) atoms. The van der Waals surface area contributed by atoms with Gasteiger partial charge in [0.25, 0.3) is 5.56 Å². The maximum absolute atomic E-state index is 11.5. The van der Waals surface area contributed by atoms with E-state index >= 15 is 0 Å². The van der Waals surface area contributed by atoms with E-state index in [0.29, 0.717) is 13.2 Å². The van der Waals surface area contributed by atoms with Crippen LogP contribution in [0, 0.1) is 0 Å². The Balaban J connectivity index is 2.51. The van der Waals surface area contributed by atoms with Crippen LogP contribution in [0.4, 0.5) is 0 Å². The van der Waals surface area contributed by atoms with Crippen molar-refractivity contribution >= 4 is 10.9 Å². The lowest BCUT2D eigenvalue weighted by molar-refractivity contribution is 0.328. The lowest BCUT2D eigenvalue weighted by Crippen LogP contribution is -2.15. The third kappa shape index (κ3) is 1.92. The van der Waals surface area contributed by atoms with Gasteiger partial charge in [0.05, 0.1) is 5.52 Å². The SMILES string of the molecule is Cn1c(=O)ccc2ccc(OCCN)cc21. The van der Waals surface area contributed by atoms with Crippen molar-refractivity contribution in [2.24, 2.45) is 12.8 Å². The van der Waals surface area contributed by atoms with Crippen molar-refractivity contribution in [3.05, 3.63) is 40.7 Å². The van der Waals surface area contributed by atoms with Gasteiger partial charge in [-0.1, -0.05) is 0 Å². The Bertz CT molecular complexity index is 560. The Labute approximate surface area is 93.3 Å². The largest absolute Gasteiger partial charge is 0.492 e. The molecule has 2 rings (SSSR count). The van der Waals surface area contributed by atoms with E-state index in [4.69, 9.17) is 10.5 Å². The van der Waals surface area contributed by atoms with Gasteiger partial charge >= 0.3 is 0 Å². The zero-order valence-corrected chi connectivity index (χ0v) is 9.14. The van der Waals surface area contributed by atoms with Gasteiger partial charge in [-0.2, -0.15) is 0 Å². The van der Waals surface area contributed by atoms with Gasteiger partial charge in [-0.3, -0.25) is 4.79 Å². The van der Waals surface area contributed by atoms with E-state index in [1.807, 2.05) is 24.3 Å². The maximum atomic E-state index is 11.5. The quantitative estimate of drug-likeness (QED) is 0.831. The van der Waals surface area contributed by atoms with Crippen molar-refractivity contribution in [1.82, 2.24) is 4.57 Å². The molecule has 0 aliphatic carbocycles. The first kappa shape index (κ1) is 10.7. The van der Waals surface area contributed by atoms with E-state index in [1.54, 1.807) is 17.7 Å². The Hall–Kier alpha value is -1.81. The first-order valence-corrected chi connectivity index (χ1v) is 5.15. The van der Waals surface area contributed by atoms with E-state index in [2.05, 4.69) is 0 Å². The van der Waals surface area contributed by atoms with E-state index in [-0.39, 0.29) is 5.56 Å². The number of hydrogen-bond donors (Lipinski definition) is 1. The van der Waals surface area contributed by atoms with Crippen LogP contribution in [-0.4, -0.2) is 17.7 Å². The Morgan fingerprint density at radius 3 is 2.81 bits per heavy atom. The second-order valence-corrected chi connectivity index (χ2v) is 3.59. The first-order valence-electron chi connectivity index (χ1n) is 5.15. The van der Waals surface area contributed by atoms with Crippen LogP contribution < -0.4 is 16.0 Å². The fourth-order valence-corrected chi connectivity index (χ4v) is 1.61. The first-order chi connectivity index (χ1) is 7.72. The lowest BCUT2D eigenvalue weighted by atomic mass is 10.2. The average Bonchev–Trinajstić information content (AvgIpc) is 2.31. The van der Waals surface area contributed by atoms with Crippen molar-refractivity contribution in [2.75, 3.05) is 13.2 Å². The molecule has 0 unspecified atom stereocenters. The molecule has 4 heteroatoms. The molecule has 0 aliphatic heterocycles. The zero-order valence-electron chi connectivity index (χ0n) is 9.14. The summed E-state index contributed by atoms with van der Waals surface area (Å²) in [4.78, 5) is 11.5. The second-order valence-electron chi connectivity index (χ2n) is 3.59. The molecule has 0 saturated carbocycles. The molecule has 0 saturated heterocycles. The molecule has 0 spiro atoms. The number of aromatic nitrogens is 1. The smallest absolute Gasteiger partial charge is 0.250 e. The summed E-state index contributed by atoms with van der Waals surface area (Å²) in [6.45, 7) is 0.956. The van der Waals surface area contributed by atoms with Gasteiger partial charge in [-0.15, -0.1) is 0 Å². The van der Waals surface area contributed by atoms with E-state index in [1.165, 1.54) is 0 Å². The van der Waals surface area contributed by atoms with Crippen molar-refractivity contribution in [2.45, 2.75) is 0 Å². The summed E-state index contributed by atoms with van der Waals surface area (Å²) in [7, 11) is 1.75. The molecule has 1 heterocycles. The highest BCUT2D eigenvalue weighted by molar-refractivity contribution is 5.80. The summed E-state index contributed by atoms with van der Waals surface area (Å²) in [5.41, 5.74) is 6.20. The second kappa shape index (κ2) is 4.37. The molecule has 2 aromatic rings. The van der Waals surface area contributed by atoms with Crippen LogP contribution in [0.3, 0.4) is 0 Å². The number of pyridine rings is 1. The van der Waals surface area contributed by atoms with E-state index in [9.17, 15) is 4.79 Å². The third-order valence-corrected chi connectivity index (χ3v) is 2.49. The maximum Gasteiger partial charge on any atom is 0.250 e. The molecule has 0 atom stereocenters. The summed E-state index contributed by atoms with van der Waals surface area (Å²) >= 11 is 0. The average molecular weight is 218 g/mol. The minimum atomic E-state index is -0.0246. The van der Waals surface area contributed by atoms with Gasteiger partial charge in [0.1, 0.15) is 12.4 Å². The fourth-order valence-electron chi connectivity index (χ4n) is 1.61. The summed E-state index contributed by atoms with van der Waals surface area (Å²) in [6.07, 6.45) is 0. The molecule has 0 bridgehead atoms. The lowest BCUT2D eigenvalue weighted by Gasteiger charge is -2.08. The number of rotatable bonds is 3. The number of nitrogens with zero attached hydrogens (tertiary/aromatic N) is 1. The predicted molar refractivity (Wildman–Crippen MR) is 63.7 cm³/mol. The van der Waals surface area contributed by atoms with Crippen LogP contribution in [0.25, 0.3) is 10.9 Å². The minimum Gasteiger partial charge on any atom is -0.492 e. The molecule has 0 amide bonds. The molecule has 0 fully saturated rings. The van der Waals surface area contributed by atoms with Gasteiger partial charge in [-0.05, 0) is 23.6 Å². The van der Waals surface area contributed by atoms with E-state index in [0.717, 1.165) is 16.7 Å². The molecular formula is C12H14N2O2. The summed E-state index contributed by atoms with van der Waals surface area (Å²) in [5.74, 6) is 0.735. The van der Waals surface area contributed by atoms with Crippen LogP contribution in [0.2, 0.25) is 0 Å². The number of ether oxygens (including phenoxy) is 1. The number of aryl methyl sites for hydroxylation is 1. The predicted octanol–water partition coefficient (Wildman–Crippen LogP) is 0.876. The summed E-state index contributed by atoms with van der Waals surface area (Å²) < 4.78 is 7.02. The van der Waals surface area contributed by atoms with Gasteiger partial charge in [0, 0.05) is 25.7 Å². The standard InChI is InChI=1S/C12H14N2O2/c1-14-11-8-10(16-7-6-13)4-2-9(11)3-5-12(14)15/h2-5,8H,6-7,13H2,1H3. The molecule has 0 aliphatic rings. The molecule has 1 aromatic carbocycles. The Morgan fingerprint density at radius 1 is 1.31 bits per heavy atom.